The third-order valence-corrected chi connectivity index (χ3v) is 4.39. The monoisotopic (exact) mass is 263 g/mol. The van der Waals surface area contributed by atoms with Crippen molar-refractivity contribution in [1.29, 1.82) is 0 Å². The highest BCUT2D eigenvalue weighted by Gasteiger charge is 2.05. The fourth-order valence-electron chi connectivity index (χ4n) is 2.20. The molecule has 0 bridgehead atoms. The lowest BCUT2D eigenvalue weighted by atomic mass is 10.1. The van der Waals surface area contributed by atoms with E-state index in [1.807, 2.05) is 28.2 Å². The van der Waals surface area contributed by atoms with E-state index in [9.17, 15) is 4.79 Å². The highest BCUT2D eigenvalue weighted by molar-refractivity contribution is 7.13. The molecule has 2 aromatic rings. The van der Waals surface area contributed by atoms with Crippen molar-refractivity contribution in [2.24, 2.45) is 0 Å². The van der Waals surface area contributed by atoms with E-state index in [0.29, 0.717) is 0 Å². The molecule has 18 heavy (non-hydrogen) atoms. The third kappa shape index (κ3) is 3.22. The van der Waals surface area contributed by atoms with Crippen LogP contribution in [0, 0.1) is 0 Å². The molecule has 1 aromatic carbocycles. The van der Waals surface area contributed by atoms with Crippen molar-refractivity contribution in [2.45, 2.75) is 52.0 Å². The Morgan fingerprint density at radius 3 is 2.56 bits per heavy atom. The summed E-state index contributed by atoms with van der Waals surface area (Å²) in [4.78, 5) is 12.1. The Morgan fingerprint density at radius 1 is 1.06 bits per heavy atom. The van der Waals surface area contributed by atoms with E-state index in [1.54, 1.807) is 11.5 Å². The average Bonchev–Trinajstić information content (AvgIpc) is 2.71. The van der Waals surface area contributed by atoms with Crippen LogP contribution in [0.25, 0.3) is 10.1 Å². The molecule has 0 amide bonds. The lowest BCUT2D eigenvalue weighted by Crippen LogP contribution is -2.12. The van der Waals surface area contributed by atoms with Crippen molar-refractivity contribution >= 4 is 21.6 Å². The summed E-state index contributed by atoms with van der Waals surface area (Å²) in [5.74, 6) is 0. The summed E-state index contributed by atoms with van der Waals surface area (Å²) < 4.78 is 3.01. The number of hydrogen-bond donors (Lipinski definition) is 0. The number of aromatic nitrogens is 1. The Kier molecular flexibility index (Phi) is 5.00. The fraction of sp³-hybridized carbons (Fsp3) is 0.533. The topological polar surface area (TPSA) is 22.0 Å². The van der Waals surface area contributed by atoms with Crippen LogP contribution in [0.1, 0.15) is 45.4 Å². The van der Waals surface area contributed by atoms with E-state index >= 15 is 0 Å². The third-order valence-electron chi connectivity index (χ3n) is 3.27. The molecule has 0 aliphatic carbocycles. The Labute approximate surface area is 112 Å². The van der Waals surface area contributed by atoms with Crippen molar-refractivity contribution in [3.05, 3.63) is 34.6 Å². The molecule has 3 heteroatoms. The van der Waals surface area contributed by atoms with Gasteiger partial charge in [-0.25, -0.2) is 0 Å². The highest BCUT2D eigenvalue weighted by atomic mass is 32.1. The lowest BCUT2D eigenvalue weighted by molar-refractivity contribution is 0.569. The first-order chi connectivity index (χ1) is 8.83. The van der Waals surface area contributed by atoms with Gasteiger partial charge in [0.15, 0.2) is 0 Å². The molecule has 0 atom stereocenters. The van der Waals surface area contributed by atoms with Crippen LogP contribution in [0.4, 0.5) is 0 Å². The van der Waals surface area contributed by atoms with E-state index in [0.717, 1.165) is 23.1 Å². The van der Waals surface area contributed by atoms with Gasteiger partial charge in [0.2, 0.25) is 0 Å². The Morgan fingerprint density at radius 2 is 1.78 bits per heavy atom. The number of aryl methyl sites for hydroxylation is 1. The highest BCUT2D eigenvalue weighted by Crippen LogP contribution is 2.16. The van der Waals surface area contributed by atoms with Crippen molar-refractivity contribution < 1.29 is 0 Å². The second kappa shape index (κ2) is 6.74. The first kappa shape index (κ1) is 13.3. The predicted octanol–water partition coefficient (Wildman–Crippen LogP) is 4.42. The zero-order chi connectivity index (χ0) is 12.8. The summed E-state index contributed by atoms with van der Waals surface area (Å²) >= 11 is 1.60. The van der Waals surface area contributed by atoms with E-state index in [1.165, 1.54) is 32.1 Å². The van der Waals surface area contributed by atoms with Crippen LogP contribution in [0.3, 0.4) is 0 Å². The largest absolute Gasteiger partial charge is 0.268 e. The van der Waals surface area contributed by atoms with Gasteiger partial charge in [0, 0.05) is 6.54 Å². The zero-order valence-corrected chi connectivity index (χ0v) is 11.8. The molecule has 0 N–H and O–H groups in total. The quantitative estimate of drug-likeness (QED) is 0.678. The smallest absolute Gasteiger partial charge is 0.268 e. The molecule has 98 valence electrons. The van der Waals surface area contributed by atoms with Crippen molar-refractivity contribution in [1.82, 2.24) is 3.96 Å². The van der Waals surface area contributed by atoms with Crippen LogP contribution < -0.4 is 5.56 Å². The van der Waals surface area contributed by atoms with Gasteiger partial charge in [-0.05, 0) is 18.6 Å². The molecule has 0 aliphatic heterocycles. The number of rotatable bonds is 7. The van der Waals surface area contributed by atoms with Crippen LogP contribution >= 0.6 is 11.5 Å². The Balaban J connectivity index is 1.88. The number of unbranched alkanes of at least 4 members (excludes halogenated alkanes) is 5. The normalized spacial score (nSPS) is 11.2. The molecular formula is C15H21NOS. The van der Waals surface area contributed by atoms with Crippen molar-refractivity contribution in [2.75, 3.05) is 0 Å². The second-order valence-corrected chi connectivity index (χ2v) is 5.83. The molecule has 0 spiro atoms. The van der Waals surface area contributed by atoms with Crippen LogP contribution in [-0.4, -0.2) is 3.96 Å². The summed E-state index contributed by atoms with van der Waals surface area (Å²) in [6, 6.07) is 7.88. The summed E-state index contributed by atoms with van der Waals surface area (Å²) in [6.45, 7) is 3.11. The summed E-state index contributed by atoms with van der Waals surface area (Å²) in [5.41, 5.74) is 0.184. The molecule has 0 aliphatic rings. The van der Waals surface area contributed by atoms with Crippen LogP contribution in [0.5, 0.6) is 0 Å². The SMILES string of the molecule is CCCCCCCCn1sc2ccccc2c1=O. The van der Waals surface area contributed by atoms with Crippen LogP contribution in [0.2, 0.25) is 0 Å². The van der Waals surface area contributed by atoms with E-state index in [4.69, 9.17) is 0 Å². The Bertz CT molecular complexity index is 541. The number of hydrogen-bond acceptors (Lipinski definition) is 2. The van der Waals surface area contributed by atoms with E-state index in [2.05, 4.69) is 6.92 Å². The van der Waals surface area contributed by atoms with Crippen molar-refractivity contribution in [3.63, 3.8) is 0 Å². The minimum atomic E-state index is 0.184. The first-order valence-corrected chi connectivity index (χ1v) is 7.69. The number of nitrogens with zero attached hydrogens (tertiary/aromatic N) is 1. The van der Waals surface area contributed by atoms with Gasteiger partial charge in [-0.3, -0.25) is 8.75 Å². The summed E-state index contributed by atoms with van der Waals surface area (Å²) in [7, 11) is 0. The molecule has 2 rings (SSSR count). The predicted molar refractivity (Wildman–Crippen MR) is 79.5 cm³/mol. The minimum absolute atomic E-state index is 0.184. The van der Waals surface area contributed by atoms with Crippen molar-refractivity contribution in [3.8, 4) is 0 Å². The maximum Gasteiger partial charge on any atom is 0.268 e. The van der Waals surface area contributed by atoms with Gasteiger partial charge in [-0.15, -0.1) is 0 Å². The van der Waals surface area contributed by atoms with Gasteiger partial charge < -0.3 is 0 Å². The Hall–Kier alpha value is -1.09. The zero-order valence-electron chi connectivity index (χ0n) is 11.0. The molecular weight excluding hydrogens is 242 g/mol. The molecule has 0 fully saturated rings. The maximum absolute atomic E-state index is 12.1. The van der Waals surface area contributed by atoms with Gasteiger partial charge in [0.05, 0.1) is 10.1 Å². The average molecular weight is 263 g/mol. The van der Waals surface area contributed by atoms with Gasteiger partial charge in [-0.1, -0.05) is 62.7 Å². The second-order valence-electron chi connectivity index (χ2n) is 4.76. The first-order valence-electron chi connectivity index (χ1n) is 6.92. The number of benzene rings is 1. The molecule has 0 saturated carbocycles. The summed E-state index contributed by atoms with van der Waals surface area (Å²) in [6.07, 6.45) is 7.61. The van der Waals surface area contributed by atoms with E-state index < -0.39 is 0 Å². The fourth-order valence-corrected chi connectivity index (χ4v) is 3.23. The maximum atomic E-state index is 12.1. The van der Waals surface area contributed by atoms with Gasteiger partial charge in [0.1, 0.15) is 0 Å². The van der Waals surface area contributed by atoms with Gasteiger partial charge >= 0.3 is 0 Å². The number of fused-ring (bicyclic) bond motifs is 1. The molecule has 1 aromatic heterocycles. The van der Waals surface area contributed by atoms with Crippen LogP contribution in [-0.2, 0) is 6.54 Å². The summed E-state index contributed by atoms with van der Waals surface area (Å²) in [5, 5.41) is 0.869. The van der Waals surface area contributed by atoms with Crippen LogP contribution in [0.15, 0.2) is 29.1 Å². The standard InChI is InChI=1S/C15H21NOS/c1-2-3-4-5-6-9-12-16-15(17)13-10-7-8-11-14(13)18-16/h7-8,10-11H,2-6,9,12H2,1H3. The minimum Gasteiger partial charge on any atom is -0.268 e. The lowest BCUT2D eigenvalue weighted by Gasteiger charge is -2.00. The molecule has 0 radical (unpaired) electrons. The van der Waals surface area contributed by atoms with Gasteiger partial charge in [-0.2, -0.15) is 0 Å². The molecule has 0 unspecified atom stereocenters. The van der Waals surface area contributed by atoms with E-state index in [-0.39, 0.29) is 5.56 Å². The molecule has 1 heterocycles. The molecule has 0 saturated heterocycles. The molecule has 2 nitrogen and oxygen atoms in total. The van der Waals surface area contributed by atoms with Gasteiger partial charge in [0.25, 0.3) is 5.56 Å².